The van der Waals surface area contributed by atoms with Crippen LogP contribution in [0.15, 0.2) is 47.5 Å². The van der Waals surface area contributed by atoms with Crippen LogP contribution in [0, 0.1) is 6.92 Å². The number of aryl methyl sites for hydroxylation is 1. The molecule has 1 fully saturated rings. The Hall–Kier alpha value is -2.73. The van der Waals surface area contributed by atoms with Crippen LogP contribution in [0.2, 0.25) is 0 Å². The SMILES string of the molecule is CN=C(NCc1ccc(N2CCOCC2)cc1)NCc1ccc(C)cc1OC. The van der Waals surface area contributed by atoms with Crippen molar-refractivity contribution < 1.29 is 9.47 Å². The number of nitrogens with zero attached hydrogens (tertiary/aromatic N) is 2. The lowest BCUT2D eigenvalue weighted by Gasteiger charge is -2.28. The third-order valence-corrected chi connectivity index (χ3v) is 4.88. The standard InChI is InChI=1S/C22H30N4O2/c1-17-4-7-19(21(14-17)27-3)16-25-22(23-2)24-15-18-5-8-20(9-6-18)26-10-12-28-13-11-26/h4-9,14H,10-13,15-16H2,1-3H3,(H2,23,24,25). The first-order valence-electron chi connectivity index (χ1n) is 9.69. The highest BCUT2D eigenvalue weighted by molar-refractivity contribution is 5.79. The van der Waals surface area contributed by atoms with Gasteiger partial charge in [-0.05, 0) is 36.2 Å². The summed E-state index contributed by atoms with van der Waals surface area (Å²) in [5.41, 5.74) is 4.75. The summed E-state index contributed by atoms with van der Waals surface area (Å²) in [4.78, 5) is 6.67. The fourth-order valence-electron chi connectivity index (χ4n) is 3.23. The van der Waals surface area contributed by atoms with Crippen molar-refractivity contribution in [2.45, 2.75) is 20.0 Å². The molecule has 2 aromatic rings. The molecule has 2 aromatic carbocycles. The molecule has 0 aliphatic carbocycles. The third kappa shape index (κ3) is 5.39. The number of anilines is 1. The van der Waals surface area contributed by atoms with E-state index < -0.39 is 0 Å². The summed E-state index contributed by atoms with van der Waals surface area (Å²) in [5, 5.41) is 6.72. The van der Waals surface area contributed by atoms with Crippen molar-refractivity contribution in [1.29, 1.82) is 0 Å². The average Bonchev–Trinajstić information content (AvgIpc) is 2.75. The number of aliphatic imine (C=N–C) groups is 1. The second kappa shape index (κ2) is 9.99. The van der Waals surface area contributed by atoms with Gasteiger partial charge in [-0.3, -0.25) is 4.99 Å². The number of methoxy groups -OCH3 is 1. The Labute approximate surface area is 167 Å². The Morgan fingerprint density at radius 1 is 1.07 bits per heavy atom. The molecule has 1 aliphatic heterocycles. The number of guanidine groups is 1. The van der Waals surface area contributed by atoms with E-state index in [0.29, 0.717) is 13.1 Å². The first-order chi connectivity index (χ1) is 13.7. The average molecular weight is 383 g/mol. The lowest BCUT2D eigenvalue weighted by Crippen LogP contribution is -2.36. The Balaban J connectivity index is 1.51. The Morgan fingerprint density at radius 2 is 1.79 bits per heavy atom. The van der Waals surface area contributed by atoms with Crippen molar-refractivity contribution in [3.63, 3.8) is 0 Å². The Morgan fingerprint density at radius 3 is 2.46 bits per heavy atom. The fourth-order valence-corrected chi connectivity index (χ4v) is 3.23. The van der Waals surface area contributed by atoms with Crippen LogP contribution in [0.5, 0.6) is 5.75 Å². The van der Waals surface area contributed by atoms with Crippen molar-refractivity contribution in [2.75, 3.05) is 45.4 Å². The minimum Gasteiger partial charge on any atom is -0.496 e. The molecule has 1 saturated heterocycles. The predicted octanol–water partition coefficient (Wildman–Crippen LogP) is 2.71. The van der Waals surface area contributed by atoms with Crippen molar-refractivity contribution in [2.24, 2.45) is 4.99 Å². The molecule has 6 nitrogen and oxygen atoms in total. The van der Waals surface area contributed by atoms with Crippen LogP contribution in [-0.2, 0) is 17.8 Å². The van der Waals surface area contributed by atoms with E-state index in [0.717, 1.165) is 43.6 Å². The van der Waals surface area contributed by atoms with Crippen LogP contribution in [0.3, 0.4) is 0 Å². The van der Waals surface area contributed by atoms with Crippen LogP contribution in [0.1, 0.15) is 16.7 Å². The molecule has 0 radical (unpaired) electrons. The minimum atomic E-state index is 0.652. The van der Waals surface area contributed by atoms with Crippen molar-refractivity contribution in [3.8, 4) is 5.75 Å². The van der Waals surface area contributed by atoms with Crippen molar-refractivity contribution in [3.05, 3.63) is 59.2 Å². The largest absolute Gasteiger partial charge is 0.496 e. The summed E-state index contributed by atoms with van der Waals surface area (Å²) in [7, 11) is 3.48. The number of hydrogen-bond acceptors (Lipinski definition) is 4. The topological polar surface area (TPSA) is 58.1 Å². The zero-order chi connectivity index (χ0) is 19.8. The summed E-state index contributed by atoms with van der Waals surface area (Å²) in [6.45, 7) is 6.94. The van der Waals surface area contributed by atoms with Gasteiger partial charge in [-0.25, -0.2) is 0 Å². The molecular weight excluding hydrogens is 352 g/mol. The number of ether oxygens (including phenoxy) is 2. The molecule has 0 unspecified atom stereocenters. The van der Waals surface area contributed by atoms with Gasteiger partial charge in [-0.2, -0.15) is 0 Å². The van der Waals surface area contributed by atoms with Crippen LogP contribution in [0.4, 0.5) is 5.69 Å². The van der Waals surface area contributed by atoms with Gasteiger partial charge in [0.1, 0.15) is 5.75 Å². The van der Waals surface area contributed by atoms with Gasteiger partial charge in [-0.1, -0.05) is 24.3 Å². The van der Waals surface area contributed by atoms with E-state index in [4.69, 9.17) is 9.47 Å². The number of morpholine rings is 1. The van der Waals surface area contributed by atoms with Gasteiger partial charge in [0.25, 0.3) is 0 Å². The van der Waals surface area contributed by atoms with Gasteiger partial charge in [0.05, 0.1) is 20.3 Å². The van der Waals surface area contributed by atoms with E-state index >= 15 is 0 Å². The molecule has 28 heavy (non-hydrogen) atoms. The summed E-state index contributed by atoms with van der Waals surface area (Å²) in [6, 6.07) is 14.9. The van der Waals surface area contributed by atoms with Gasteiger partial charge in [-0.15, -0.1) is 0 Å². The molecule has 0 atom stereocenters. The van der Waals surface area contributed by atoms with E-state index in [1.54, 1.807) is 14.2 Å². The fraction of sp³-hybridized carbons (Fsp3) is 0.409. The lowest BCUT2D eigenvalue weighted by molar-refractivity contribution is 0.122. The highest BCUT2D eigenvalue weighted by atomic mass is 16.5. The zero-order valence-corrected chi connectivity index (χ0v) is 17.0. The highest BCUT2D eigenvalue weighted by Crippen LogP contribution is 2.19. The summed E-state index contributed by atoms with van der Waals surface area (Å²) >= 11 is 0. The maximum atomic E-state index is 5.47. The third-order valence-electron chi connectivity index (χ3n) is 4.88. The molecule has 0 bridgehead atoms. The van der Waals surface area contributed by atoms with Crippen LogP contribution >= 0.6 is 0 Å². The number of hydrogen-bond donors (Lipinski definition) is 2. The van der Waals surface area contributed by atoms with E-state index in [9.17, 15) is 0 Å². The Bertz CT molecular complexity index is 784. The molecule has 0 saturated carbocycles. The quantitative estimate of drug-likeness (QED) is 0.594. The molecule has 1 heterocycles. The molecule has 3 rings (SSSR count). The van der Waals surface area contributed by atoms with Gasteiger partial charge in [0.15, 0.2) is 5.96 Å². The number of nitrogens with one attached hydrogen (secondary N) is 2. The molecule has 0 aromatic heterocycles. The van der Waals surface area contributed by atoms with E-state index in [-0.39, 0.29) is 0 Å². The van der Waals surface area contributed by atoms with Crippen LogP contribution in [0.25, 0.3) is 0 Å². The van der Waals surface area contributed by atoms with Crippen LogP contribution < -0.4 is 20.3 Å². The molecule has 150 valence electrons. The summed E-state index contributed by atoms with van der Waals surface area (Å²) in [6.07, 6.45) is 0. The summed E-state index contributed by atoms with van der Waals surface area (Å²) < 4.78 is 10.9. The molecule has 2 N–H and O–H groups in total. The maximum Gasteiger partial charge on any atom is 0.191 e. The second-order valence-electron chi connectivity index (χ2n) is 6.86. The van der Waals surface area contributed by atoms with Crippen molar-refractivity contribution >= 4 is 11.6 Å². The Kier molecular flexibility index (Phi) is 7.14. The second-order valence-corrected chi connectivity index (χ2v) is 6.86. The van der Waals surface area contributed by atoms with Crippen LogP contribution in [-0.4, -0.2) is 46.4 Å². The first kappa shape index (κ1) is 20.0. The normalized spacial score (nSPS) is 14.7. The number of benzene rings is 2. The van der Waals surface area contributed by atoms with Gasteiger partial charge in [0.2, 0.25) is 0 Å². The predicted molar refractivity (Wildman–Crippen MR) is 114 cm³/mol. The monoisotopic (exact) mass is 382 g/mol. The smallest absolute Gasteiger partial charge is 0.191 e. The minimum absolute atomic E-state index is 0.652. The van der Waals surface area contributed by atoms with Crippen molar-refractivity contribution in [1.82, 2.24) is 10.6 Å². The molecule has 1 aliphatic rings. The molecule has 0 spiro atoms. The lowest BCUT2D eigenvalue weighted by atomic mass is 10.1. The molecule has 6 heteroatoms. The molecular formula is C22H30N4O2. The first-order valence-corrected chi connectivity index (χ1v) is 9.69. The van der Waals surface area contributed by atoms with Gasteiger partial charge in [0, 0.05) is 44.5 Å². The number of rotatable bonds is 6. The van der Waals surface area contributed by atoms with E-state index in [2.05, 4.69) is 63.8 Å². The molecule has 0 amide bonds. The van der Waals surface area contributed by atoms with Gasteiger partial charge < -0.3 is 25.0 Å². The summed E-state index contributed by atoms with van der Waals surface area (Å²) in [5.74, 6) is 1.65. The zero-order valence-electron chi connectivity index (χ0n) is 17.0. The van der Waals surface area contributed by atoms with Gasteiger partial charge >= 0.3 is 0 Å². The highest BCUT2D eigenvalue weighted by Gasteiger charge is 2.11. The van der Waals surface area contributed by atoms with E-state index in [1.165, 1.54) is 16.8 Å². The maximum absolute atomic E-state index is 5.47. The van der Waals surface area contributed by atoms with E-state index in [1.807, 2.05) is 6.07 Å².